The Kier molecular flexibility index (Phi) is 6.95. The average Bonchev–Trinajstić information content (AvgIpc) is 3.22. The second-order valence-electron chi connectivity index (χ2n) is 7.17. The van der Waals surface area contributed by atoms with Crippen molar-refractivity contribution in [2.24, 2.45) is 5.92 Å². The molecular weight excluding hydrogens is 406 g/mol. The van der Waals surface area contributed by atoms with Gasteiger partial charge in [-0.25, -0.2) is 0 Å². The quantitative estimate of drug-likeness (QED) is 0.563. The highest BCUT2D eigenvalue weighted by atomic mass is 35.5. The number of ether oxygens (including phenoxy) is 2. The van der Waals surface area contributed by atoms with Gasteiger partial charge in [-0.1, -0.05) is 30.6 Å². The Morgan fingerprint density at radius 1 is 1.17 bits per heavy atom. The van der Waals surface area contributed by atoms with Crippen LogP contribution in [0.3, 0.4) is 0 Å². The molecule has 1 amide bonds. The summed E-state index contributed by atoms with van der Waals surface area (Å²) in [5, 5.41) is 7.60. The molecule has 0 unspecified atom stereocenters. The molecule has 158 valence electrons. The molecule has 0 bridgehead atoms. The molecule has 7 nitrogen and oxygen atoms in total. The third-order valence-electron chi connectivity index (χ3n) is 4.54. The fourth-order valence-electron chi connectivity index (χ4n) is 2.80. The summed E-state index contributed by atoms with van der Waals surface area (Å²) < 4.78 is 16.2. The smallest absolute Gasteiger partial charge is 0.258 e. The number of rotatable bonds is 8. The van der Waals surface area contributed by atoms with Gasteiger partial charge >= 0.3 is 0 Å². The number of methoxy groups -OCH3 is 1. The number of carbonyl (C=O) groups is 1. The molecule has 0 saturated carbocycles. The van der Waals surface area contributed by atoms with E-state index in [-0.39, 0.29) is 18.4 Å². The number of hydrogen-bond acceptors (Lipinski definition) is 6. The van der Waals surface area contributed by atoms with Crippen molar-refractivity contribution in [1.29, 1.82) is 0 Å². The topological polar surface area (TPSA) is 86.5 Å². The van der Waals surface area contributed by atoms with Gasteiger partial charge in [0.15, 0.2) is 6.61 Å². The molecule has 0 radical (unpaired) electrons. The standard InChI is InChI=1S/C22H24ClN3O4/c1-13(2)20(24-19(27)12-29-17-9-10-18(23)14(3)11-17)22-25-21(26-30-22)15-5-7-16(28-4)8-6-15/h5-11,13,20H,12H2,1-4H3,(H,24,27)/t20-/m0/s1. The normalized spacial score (nSPS) is 11.9. The molecule has 1 atom stereocenters. The first-order chi connectivity index (χ1) is 14.4. The molecule has 0 aliphatic heterocycles. The van der Waals surface area contributed by atoms with Crippen molar-refractivity contribution in [2.75, 3.05) is 13.7 Å². The molecule has 2 aromatic carbocycles. The number of amides is 1. The number of carbonyl (C=O) groups excluding carboxylic acids is 1. The van der Waals surface area contributed by atoms with Gasteiger partial charge in [-0.05, 0) is 60.9 Å². The molecule has 1 aromatic heterocycles. The Balaban J connectivity index is 1.65. The van der Waals surface area contributed by atoms with E-state index in [9.17, 15) is 4.79 Å². The lowest BCUT2D eigenvalue weighted by molar-refractivity contribution is -0.124. The molecule has 3 rings (SSSR count). The predicted molar refractivity (Wildman–Crippen MR) is 114 cm³/mol. The van der Waals surface area contributed by atoms with Gasteiger partial charge in [0.25, 0.3) is 5.91 Å². The minimum Gasteiger partial charge on any atom is -0.497 e. The van der Waals surface area contributed by atoms with Crippen molar-refractivity contribution in [1.82, 2.24) is 15.5 Å². The van der Waals surface area contributed by atoms with E-state index in [4.69, 9.17) is 25.6 Å². The molecular formula is C22H24ClN3O4. The highest BCUT2D eigenvalue weighted by Crippen LogP contribution is 2.25. The zero-order valence-corrected chi connectivity index (χ0v) is 18.1. The van der Waals surface area contributed by atoms with E-state index in [1.54, 1.807) is 25.3 Å². The highest BCUT2D eigenvalue weighted by Gasteiger charge is 2.25. The average molecular weight is 430 g/mol. The molecule has 8 heteroatoms. The van der Waals surface area contributed by atoms with E-state index < -0.39 is 6.04 Å². The highest BCUT2D eigenvalue weighted by molar-refractivity contribution is 6.31. The number of halogens is 1. The van der Waals surface area contributed by atoms with Crippen molar-refractivity contribution in [2.45, 2.75) is 26.8 Å². The number of benzene rings is 2. The Morgan fingerprint density at radius 3 is 2.50 bits per heavy atom. The zero-order valence-electron chi connectivity index (χ0n) is 17.3. The van der Waals surface area contributed by atoms with E-state index in [2.05, 4.69) is 15.5 Å². The van der Waals surface area contributed by atoms with Crippen molar-refractivity contribution in [3.63, 3.8) is 0 Å². The lowest BCUT2D eigenvalue weighted by atomic mass is 10.0. The lowest BCUT2D eigenvalue weighted by Crippen LogP contribution is -2.35. The van der Waals surface area contributed by atoms with Crippen LogP contribution in [-0.4, -0.2) is 29.8 Å². The number of aryl methyl sites for hydroxylation is 1. The molecule has 0 saturated heterocycles. The predicted octanol–water partition coefficient (Wildman–Crippen LogP) is 4.60. The third kappa shape index (κ3) is 5.30. The maximum absolute atomic E-state index is 12.4. The van der Waals surface area contributed by atoms with Crippen LogP contribution in [0.25, 0.3) is 11.4 Å². The first-order valence-electron chi connectivity index (χ1n) is 9.53. The Hall–Kier alpha value is -3.06. The maximum Gasteiger partial charge on any atom is 0.258 e. The van der Waals surface area contributed by atoms with Gasteiger partial charge in [-0.2, -0.15) is 4.98 Å². The van der Waals surface area contributed by atoms with Crippen LogP contribution in [0.2, 0.25) is 5.02 Å². The van der Waals surface area contributed by atoms with E-state index in [1.165, 1.54) is 0 Å². The van der Waals surface area contributed by atoms with Crippen molar-refractivity contribution >= 4 is 17.5 Å². The van der Waals surface area contributed by atoms with Crippen molar-refractivity contribution < 1.29 is 18.8 Å². The molecule has 0 spiro atoms. The summed E-state index contributed by atoms with van der Waals surface area (Å²) in [7, 11) is 1.61. The molecule has 30 heavy (non-hydrogen) atoms. The van der Waals surface area contributed by atoms with Crippen LogP contribution in [0.1, 0.15) is 31.3 Å². The summed E-state index contributed by atoms with van der Waals surface area (Å²) in [6, 6.07) is 12.1. The van der Waals surface area contributed by atoms with Gasteiger partial charge in [-0.3, -0.25) is 4.79 Å². The van der Waals surface area contributed by atoms with Crippen LogP contribution in [0.5, 0.6) is 11.5 Å². The van der Waals surface area contributed by atoms with Crippen molar-refractivity contribution in [3.8, 4) is 22.9 Å². The largest absolute Gasteiger partial charge is 0.497 e. The second kappa shape index (κ2) is 9.63. The Bertz CT molecular complexity index is 1000. The first kappa shape index (κ1) is 21.6. The third-order valence-corrected chi connectivity index (χ3v) is 4.96. The van der Waals surface area contributed by atoms with E-state index in [0.29, 0.717) is 22.5 Å². The van der Waals surface area contributed by atoms with E-state index >= 15 is 0 Å². The molecule has 3 aromatic rings. The molecule has 0 aliphatic rings. The van der Waals surface area contributed by atoms with Gasteiger partial charge in [0.2, 0.25) is 11.7 Å². The number of hydrogen-bond donors (Lipinski definition) is 1. The monoisotopic (exact) mass is 429 g/mol. The van der Waals surface area contributed by atoms with Gasteiger partial charge in [0.05, 0.1) is 7.11 Å². The van der Waals surface area contributed by atoms with Gasteiger partial charge < -0.3 is 19.3 Å². The Labute approximate surface area is 180 Å². The minimum atomic E-state index is -0.437. The summed E-state index contributed by atoms with van der Waals surface area (Å²) in [5.74, 6) is 1.85. The van der Waals surface area contributed by atoms with Crippen LogP contribution < -0.4 is 14.8 Å². The fraction of sp³-hybridized carbons (Fsp3) is 0.318. The number of aromatic nitrogens is 2. The fourth-order valence-corrected chi connectivity index (χ4v) is 2.92. The van der Waals surface area contributed by atoms with E-state index in [0.717, 1.165) is 16.9 Å². The Morgan fingerprint density at radius 2 is 1.87 bits per heavy atom. The summed E-state index contributed by atoms with van der Waals surface area (Å²) in [4.78, 5) is 16.9. The number of nitrogens with one attached hydrogen (secondary N) is 1. The van der Waals surface area contributed by atoms with Crippen LogP contribution >= 0.6 is 11.6 Å². The first-order valence-corrected chi connectivity index (χ1v) is 9.91. The number of nitrogens with zero attached hydrogens (tertiary/aromatic N) is 2. The minimum absolute atomic E-state index is 0.0379. The van der Waals surface area contributed by atoms with Crippen LogP contribution in [0.15, 0.2) is 47.0 Å². The summed E-state index contributed by atoms with van der Waals surface area (Å²) in [5.41, 5.74) is 1.67. The van der Waals surface area contributed by atoms with Gasteiger partial charge in [-0.15, -0.1) is 0 Å². The molecule has 0 fully saturated rings. The van der Waals surface area contributed by atoms with Gasteiger partial charge in [0, 0.05) is 10.6 Å². The molecule has 1 heterocycles. The second-order valence-corrected chi connectivity index (χ2v) is 7.58. The lowest BCUT2D eigenvalue weighted by Gasteiger charge is -2.18. The van der Waals surface area contributed by atoms with Crippen molar-refractivity contribution in [3.05, 3.63) is 58.9 Å². The molecule has 1 N–H and O–H groups in total. The maximum atomic E-state index is 12.4. The zero-order chi connectivity index (χ0) is 21.7. The van der Waals surface area contributed by atoms with Gasteiger partial charge in [0.1, 0.15) is 17.5 Å². The van der Waals surface area contributed by atoms with Crippen LogP contribution in [0.4, 0.5) is 0 Å². The summed E-state index contributed by atoms with van der Waals surface area (Å²) in [6.45, 7) is 5.67. The SMILES string of the molecule is COc1ccc(-c2noc([C@@H](NC(=O)COc3ccc(Cl)c(C)c3)C(C)C)n2)cc1. The van der Waals surface area contributed by atoms with Crippen LogP contribution in [0, 0.1) is 12.8 Å². The summed E-state index contributed by atoms with van der Waals surface area (Å²) >= 11 is 6.01. The molecule has 0 aliphatic carbocycles. The van der Waals surface area contributed by atoms with E-state index in [1.807, 2.05) is 45.0 Å². The van der Waals surface area contributed by atoms with Crippen LogP contribution in [-0.2, 0) is 4.79 Å². The summed E-state index contributed by atoms with van der Waals surface area (Å²) in [6.07, 6.45) is 0.